The number of H-pyrrole nitrogens is 1. The van der Waals surface area contributed by atoms with Crippen LogP contribution in [0, 0.1) is 0 Å². The van der Waals surface area contributed by atoms with E-state index in [1.807, 2.05) is 24.3 Å². The van der Waals surface area contributed by atoms with Gasteiger partial charge in [-0.1, -0.05) is 30.3 Å². The van der Waals surface area contributed by atoms with Gasteiger partial charge in [-0.25, -0.2) is 9.78 Å². The standard InChI is InChI=1S/C16H15N3O3/c20-14-6-5-10-3-1-2-4-12(10)15(14)19-13(16(21)22)7-11-8-17-9-18-11/h1-6,8-9,13,19-20H,7H2,(H,17,18)(H,21,22)/t13-/m0/s1. The Morgan fingerprint density at radius 2 is 2.09 bits per heavy atom. The first kappa shape index (κ1) is 13.9. The number of benzene rings is 2. The van der Waals surface area contributed by atoms with E-state index in [2.05, 4.69) is 15.3 Å². The van der Waals surface area contributed by atoms with Crippen molar-refractivity contribution in [1.29, 1.82) is 0 Å². The maximum atomic E-state index is 11.5. The Bertz CT molecular complexity index is 800. The van der Waals surface area contributed by atoms with Gasteiger partial charge < -0.3 is 20.5 Å². The number of carbonyl (C=O) groups is 1. The van der Waals surface area contributed by atoms with Crippen molar-refractivity contribution < 1.29 is 15.0 Å². The van der Waals surface area contributed by atoms with Crippen molar-refractivity contribution in [3.05, 3.63) is 54.6 Å². The maximum Gasteiger partial charge on any atom is 0.326 e. The fourth-order valence-electron chi connectivity index (χ4n) is 2.40. The molecule has 0 amide bonds. The van der Waals surface area contributed by atoms with Gasteiger partial charge in [0.1, 0.15) is 11.8 Å². The number of phenolic OH excluding ortho intramolecular Hbond substituents is 1. The number of nitrogens with zero attached hydrogens (tertiary/aromatic N) is 1. The van der Waals surface area contributed by atoms with Crippen LogP contribution in [-0.2, 0) is 11.2 Å². The average Bonchev–Trinajstić information content (AvgIpc) is 3.02. The number of aromatic hydroxyl groups is 1. The third-order valence-electron chi connectivity index (χ3n) is 3.50. The summed E-state index contributed by atoms with van der Waals surface area (Å²) < 4.78 is 0. The summed E-state index contributed by atoms with van der Waals surface area (Å²) >= 11 is 0. The molecule has 0 saturated heterocycles. The minimum absolute atomic E-state index is 0.0227. The van der Waals surface area contributed by atoms with Crippen molar-refractivity contribution >= 4 is 22.4 Å². The first-order valence-electron chi connectivity index (χ1n) is 6.82. The van der Waals surface area contributed by atoms with Crippen LogP contribution in [0.25, 0.3) is 10.8 Å². The Morgan fingerprint density at radius 3 is 2.82 bits per heavy atom. The summed E-state index contributed by atoms with van der Waals surface area (Å²) in [5.74, 6) is -0.975. The molecule has 6 heteroatoms. The summed E-state index contributed by atoms with van der Waals surface area (Å²) in [5.41, 5.74) is 1.13. The number of rotatable bonds is 5. The highest BCUT2D eigenvalue weighted by Gasteiger charge is 2.21. The number of anilines is 1. The number of aromatic amines is 1. The van der Waals surface area contributed by atoms with E-state index in [0.29, 0.717) is 11.4 Å². The van der Waals surface area contributed by atoms with Gasteiger partial charge in [0.25, 0.3) is 0 Å². The molecular formula is C16H15N3O3. The van der Waals surface area contributed by atoms with E-state index in [0.717, 1.165) is 10.8 Å². The van der Waals surface area contributed by atoms with Crippen LogP contribution in [-0.4, -0.2) is 32.2 Å². The van der Waals surface area contributed by atoms with Crippen LogP contribution in [0.2, 0.25) is 0 Å². The van der Waals surface area contributed by atoms with E-state index in [4.69, 9.17) is 0 Å². The Balaban J connectivity index is 1.96. The summed E-state index contributed by atoms with van der Waals surface area (Å²) in [4.78, 5) is 18.3. The zero-order valence-electron chi connectivity index (χ0n) is 11.7. The molecule has 1 atom stereocenters. The van der Waals surface area contributed by atoms with Crippen molar-refractivity contribution in [3.63, 3.8) is 0 Å². The number of phenols is 1. The molecule has 0 saturated carbocycles. The lowest BCUT2D eigenvalue weighted by Gasteiger charge is -2.18. The number of hydrogen-bond donors (Lipinski definition) is 4. The number of carboxylic acids is 1. The van der Waals surface area contributed by atoms with Crippen LogP contribution >= 0.6 is 0 Å². The largest absolute Gasteiger partial charge is 0.506 e. The highest BCUT2D eigenvalue weighted by atomic mass is 16.4. The number of nitrogens with one attached hydrogen (secondary N) is 2. The molecule has 1 aromatic heterocycles. The summed E-state index contributed by atoms with van der Waals surface area (Å²) in [6, 6.07) is 9.95. The summed E-state index contributed by atoms with van der Waals surface area (Å²) in [7, 11) is 0. The van der Waals surface area contributed by atoms with Gasteiger partial charge in [0.2, 0.25) is 0 Å². The lowest BCUT2D eigenvalue weighted by atomic mass is 10.1. The Morgan fingerprint density at radius 1 is 1.27 bits per heavy atom. The number of fused-ring (bicyclic) bond motifs is 1. The zero-order chi connectivity index (χ0) is 15.5. The van der Waals surface area contributed by atoms with Crippen molar-refractivity contribution in [2.24, 2.45) is 0 Å². The van der Waals surface area contributed by atoms with Gasteiger partial charge in [-0.05, 0) is 11.5 Å². The monoisotopic (exact) mass is 297 g/mol. The van der Waals surface area contributed by atoms with Crippen molar-refractivity contribution in [2.45, 2.75) is 12.5 Å². The molecule has 0 bridgehead atoms. The molecule has 0 spiro atoms. The minimum Gasteiger partial charge on any atom is -0.506 e. The topological polar surface area (TPSA) is 98.2 Å². The molecule has 0 fully saturated rings. The van der Waals surface area contributed by atoms with Gasteiger partial charge in [0.15, 0.2) is 0 Å². The second-order valence-corrected chi connectivity index (χ2v) is 5.00. The van der Waals surface area contributed by atoms with Gasteiger partial charge in [-0.2, -0.15) is 0 Å². The molecular weight excluding hydrogens is 282 g/mol. The lowest BCUT2D eigenvalue weighted by Crippen LogP contribution is -2.31. The number of aliphatic carboxylic acids is 1. The normalized spacial score (nSPS) is 12.2. The molecule has 0 aliphatic rings. The molecule has 2 aromatic carbocycles. The van der Waals surface area contributed by atoms with Crippen molar-refractivity contribution in [3.8, 4) is 5.75 Å². The van der Waals surface area contributed by atoms with E-state index in [1.54, 1.807) is 18.3 Å². The van der Waals surface area contributed by atoms with E-state index in [1.165, 1.54) is 6.33 Å². The van der Waals surface area contributed by atoms with E-state index in [-0.39, 0.29) is 12.2 Å². The SMILES string of the molecule is O=C(O)[C@H](Cc1cnc[nH]1)Nc1c(O)ccc2ccccc12. The predicted octanol–water partition coefficient (Wildman–Crippen LogP) is 2.38. The Kier molecular flexibility index (Phi) is 3.65. The number of imidazole rings is 1. The van der Waals surface area contributed by atoms with Crippen LogP contribution < -0.4 is 5.32 Å². The molecule has 3 aromatic rings. The third kappa shape index (κ3) is 2.71. The molecule has 3 rings (SSSR count). The van der Waals surface area contributed by atoms with Gasteiger partial charge in [0, 0.05) is 23.7 Å². The molecule has 22 heavy (non-hydrogen) atoms. The van der Waals surface area contributed by atoms with E-state index in [9.17, 15) is 15.0 Å². The van der Waals surface area contributed by atoms with Crippen molar-refractivity contribution in [1.82, 2.24) is 9.97 Å². The highest BCUT2D eigenvalue weighted by molar-refractivity contribution is 5.98. The highest BCUT2D eigenvalue weighted by Crippen LogP contribution is 2.33. The second-order valence-electron chi connectivity index (χ2n) is 5.00. The minimum atomic E-state index is -0.998. The molecule has 0 aliphatic carbocycles. The molecule has 6 nitrogen and oxygen atoms in total. The van der Waals surface area contributed by atoms with Gasteiger partial charge >= 0.3 is 5.97 Å². The van der Waals surface area contributed by atoms with Crippen LogP contribution in [0.15, 0.2) is 48.9 Å². The zero-order valence-corrected chi connectivity index (χ0v) is 11.7. The average molecular weight is 297 g/mol. The molecule has 0 radical (unpaired) electrons. The molecule has 4 N–H and O–H groups in total. The molecule has 112 valence electrons. The molecule has 1 heterocycles. The third-order valence-corrected chi connectivity index (χ3v) is 3.50. The smallest absolute Gasteiger partial charge is 0.326 e. The first-order valence-corrected chi connectivity index (χ1v) is 6.82. The van der Waals surface area contributed by atoms with Crippen LogP contribution in [0.4, 0.5) is 5.69 Å². The maximum absolute atomic E-state index is 11.5. The number of hydrogen-bond acceptors (Lipinski definition) is 4. The van der Waals surface area contributed by atoms with Crippen molar-refractivity contribution in [2.75, 3.05) is 5.32 Å². The fourth-order valence-corrected chi connectivity index (χ4v) is 2.40. The number of aromatic nitrogens is 2. The van der Waals surface area contributed by atoms with Crippen LogP contribution in [0.3, 0.4) is 0 Å². The molecule has 0 aliphatic heterocycles. The van der Waals surface area contributed by atoms with Gasteiger partial charge in [-0.3, -0.25) is 0 Å². The molecule has 0 unspecified atom stereocenters. The Hall–Kier alpha value is -3.02. The van der Waals surface area contributed by atoms with E-state index < -0.39 is 12.0 Å². The first-order chi connectivity index (χ1) is 10.6. The quantitative estimate of drug-likeness (QED) is 0.542. The fraction of sp³-hybridized carbons (Fsp3) is 0.125. The predicted molar refractivity (Wildman–Crippen MR) is 83.0 cm³/mol. The van der Waals surface area contributed by atoms with Crippen LogP contribution in [0.5, 0.6) is 5.75 Å². The Labute approximate surface area is 126 Å². The van der Waals surface area contributed by atoms with Gasteiger partial charge in [0.05, 0.1) is 12.0 Å². The van der Waals surface area contributed by atoms with Gasteiger partial charge in [-0.15, -0.1) is 0 Å². The summed E-state index contributed by atoms with van der Waals surface area (Å²) in [6.45, 7) is 0. The summed E-state index contributed by atoms with van der Waals surface area (Å²) in [6.07, 6.45) is 3.32. The van der Waals surface area contributed by atoms with E-state index >= 15 is 0 Å². The summed E-state index contributed by atoms with van der Waals surface area (Å²) in [5, 5.41) is 24.1. The lowest BCUT2D eigenvalue weighted by molar-refractivity contribution is -0.137. The second kappa shape index (κ2) is 5.77. The van der Waals surface area contributed by atoms with Crippen LogP contribution in [0.1, 0.15) is 5.69 Å². The number of carboxylic acid groups (broad SMARTS) is 1.